The molecule has 5 rings (SSSR count). The van der Waals surface area contributed by atoms with Gasteiger partial charge in [-0.15, -0.1) is 10.2 Å². The van der Waals surface area contributed by atoms with Crippen molar-refractivity contribution >= 4 is 11.8 Å². The Balaban J connectivity index is 1.55. The van der Waals surface area contributed by atoms with E-state index in [2.05, 4.69) is 15.3 Å². The van der Waals surface area contributed by atoms with Crippen molar-refractivity contribution in [1.82, 2.24) is 20.0 Å². The molecule has 3 aromatic rings. The third kappa shape index (κ3) is 3.05. The molecule has 0 bridgehead atoms. The topological polar surface area (TPSA) is 56.7 Å². The number of hydrogen-bond acceptors (Lipinski definition) is 5. The smallest absolute Gasteiger partial charge is 0.268 e. The normalized spacial score (nSPS) is 17.4. The number of rotatable bonds is 3. The summed E-state index contributed by atoms with van der Waals surface area (Å²) in [7, 11) is 0. The second-order valence-electron chi connectivity index (χ2n) is 7.00. The third-order valence-electron chi connectivity index (χ3n) is 5.24. The molecule has 2 aliphatic rings. The number of thioether (sulfide) groups is 1. The summed E-state index contributed by atoms with van der Waals surface area (Å²) in [4.78, 5) is 0. The Morgan fingerprint density at radius 3 is 2.59 bits per heavy atom. The number of benzene rings is 1. The minimum absolute atomic E-state index is 0.306. The van der Waals surface area contributed by atoms with Crippen molar-refractivity contribution in [2.75, 3.05) is 11.5 Å². The zero-order chi connectivity index (χ0) is 18.4. The number of aromatic nitrogens is 4. The minimum atomic E-state index is -0.621. The Morgan fingerprint density at radius 2 is 1.81 bits per heavy atom. The van der Waals surface area contributed by atoms with E-state index in [0.29, 0.717) is 29.1 Å². The molecule has 1 saturated heterocycles. The van der Waals surface area contributed by atoms with Crippen LogP contribution in [0.4, 0.5) is 8.78 Å². The van der Waals surface area contributed by atoms with E-state index < -0.39 is 11.6 Å². The molecule has 0 atom stereocenters. The summed E-state index contributed by atoms with van der Waals surface area (Å²) in [6.45, 7) is 0. The molecule has 0 spiro atoms. The highest BCUT2D eigenvalue weighted by atomic mass is 32.2. The van der Waals surface area contributed by atoms with Gasteiger partial charge in [0.25, 0.3) is 5.89 Å². The van der Waals surface area contributed by atoms with Gasteiger partial charge in [-0.3, -0.25) is 0 Å². The van der Waals surface area contributed by atoms with E-state index in [1.807, 2.05) is 11.8 Å². The summed E-state index contributed by atoms with van der Waals surface area (Å²) in [6.07, 6.45) is 4.71. The van der Waals surface area contributed by atoms with E-state index in [9.17, 15) is 8.78 Å². The molecule has 0 amide bonds. The van der Waals surface area contributed by atoms with E-state index >= 15 is 0 Å². The molecular weight excluding hydrogens is 370 g/mol. The van der Waals surface area contributed by atoms with Crippen LogP contribution in [0.3, 0.4) is 0 Å². The SMILES string of the molecule is Fc1cc(F)cc(-n2nc(-c3nnc(C4CCSCC4)o3)c3c2CCC3)c1. The molecule has 1 aliphatic heterocycles. The van der Waals surface area contributed by atoms with Crippen molar-refractivity contribution in [3.05, 3.63) is 47.0 Å². The van der Waals surface area contributed by atoms with Crippen molar-refractivity contribution < 1.29 is 13.2 Å². The summed E-state index contributed by atoms with van der Waals surface area (Å²) in [5.41, 5.74) is 3.01. The Hall–Kier alpha value is -2.22. The molecule has 8 heteroatoms. The molecule has 1 aliphatic carbocycles. The maximum absolute atomic E-state index is 13.7. The monoisotopic (exact) mass is 388 g/mol. The fraction of sp³-hybridized carbons (Fsp3) is 0.421. The molecule has 0 N–H and O–H groups in total. The van der Waals surface area contributed by atoms with Crippen LogP contribution in [0.5, 0.6) is 0 Å². The predicted molar refractivity (Wildman–Crippen MR) is 98.1 cm³/mol. The fourth-order valence-corrected chi connectivity index (χ4v) is 5.03. The number of hydrogen-bond donors (Lipinski definition) is 0. The summed E-state index contributed by atoms with van der Waals surface area (Å²) in [5, 5.41) is 13.1. The van der Waals surface area contributed by atoms with Gasteiger partial charge in [0, 0.05) is 23.2 Å². The van der Waals surface area contributed by atoms with Crippen LogP contribution < -0.4 is 0 Å². The minimum Gasteiger partial charge on any atom is -0.419 e. The molecule has 0 radical (unpaired) electrons. The van der Waals surface area contributed by atoms with Crippen LogP contribution in [-0.4, -0.2) is 31.5 Å². The van der Waals surface area contributed by atoms with Crippen LogP contribution in [0, 0.1) is 11.6 Å². The Bertz CT molecular complexity index is 974. The molecule has 2 aromatic heterocycles. The number of nitrogens with zero attached hydrogens (tertiary/aromatic N) is 4. The van der Waals surface area contributed by atoms with Gasteiger partial charge in [-0.25, -0.2) is 13.5 Å². The van der Waals surface area contributed by atoms with E-state index in [0.717, 1.165) is 60.9 Å². The largest absolute Gasteiger partial charge is 0.419 e. The van der Waals surface area contributed by atoms with Crippen LogP contribution in [-0.2, 0) is 12.8 Å². The maximum atomic E-state index is 13.7. The molecule has 1 aromatic carbocycles. The first-order valence-corrected chi connectivity index (χ1v) is 10.3. The fourth-order valence-electron chi connectivity index (χ4n) is 3.92. The molecule has 5 nitrogen and oxygen atoms in total. The van der Waals surface area contributed by atoms with Crippen molar-refractivity contribution in [2.45, 2.75) is 38.0 Å². The van der Waals surface area contributed by atoms with Crippen LogP contribution in [0.25, 0.3) is 17.3 Å². The summed E-state index contributed by atoms with van der Waals surface area (Å²) < 4.78 is 35.0. The first kappa shape index (κ1) is 16.9. The average molecular weight is 388 g/mol. The predicted octanol–water partition coefficient (Wildman–Crippen LogP) is 4.30. The zero-order valence-electron chi connectivity index (χ0n) is 14.6. The molecule has 27 heavy (non-hydrogen) atoms. The van der Waals surface area contributed by atoms with E-state index in [1.54, 1.807) is 4.68 Å². The van der Waals surface area contributed by atoms with E-state index in [1.165, 1.54) is 12.1 Å². The van der Waals surface area contributed by atoms with Crippen LogP contribution in [0.1, 0.15) is 42.3 Å². The Kier molecular flexibility index (Phi) is 4.22. The summed E-state index contributed by atoms with van der Waals surface area (Å²) >= 11 is 1.95. The van der Waals surface area contributed by atoms with Gasteiger partial charge in [0.1, 0.15) is 11.6 Å². The van der Waals surface area contributed by atoms with Crippen molar-refractivity contribution in [1.29, 1.82) is 0 Å². The lowest BCUT2D eigenvalue weighted by Crippen LogP contribution is -2.07. The second kappa shape index (κ2) is 6.74. The highest BCUT2D eigenvalue weighted by molar-refractivity contribution is 7.99. The highest BCUT2D eigenvalue weighted by Crippen LogP contribution is 2.36. The van der Waals surface area contributed by atoms with Crippen molar-refractivity contribution in [3.63, 3.8) is 0 Å². The Morgan fingerprint density at radius 1 is 1.04 bits per heavy atom. The zero-order valence-corrected chi connectivity index (χ0v) is 15.4. The summed E-state index contributed by atoms with van der Waals surface area (Å²) in [5.74, 6) is 2.35. The van der Waals surface area contributed by atoms with Gasteiger partial charge < -0.3 is 4.42 Å². The van der Waals surface area contributed by atoms with Crippen LogP contribution in [0.2, 0.25) is 0 Å². The lowest BCUT2D eigenvalue weighted by Gasteiger charge is -2.17. The molecule has 3 heterocycles. The highest BCUT2D eigenvalue weighted by Gasteiger charge is 2.29. The van der Waals surface area contributed by atoms with Crippen LogP contribution >= 0.6 is 11.8 Å². The molecule has 0 unspecified atom stereocenters. The van der Waals surface area contributed by atoms with Crippen molar-refractivity contribution in [2.24, 2.45) is 0 Å². The lowest BCUT2D eigenvalue weighted by molar-refractivity contribution is 0.437. The number of fused-ring (bicyclic) bond motifs is 1. The standard InChI is InChI=1S/C19H18F2N4OS/c20-12-8-13(21)10-14(9-12)25-16-3-1-2-15(16)17(24-25)19-23-22-18(26-19)11-4-6-27-7-5-11/h8-11H,1-7H2. The first-order valence-electron chi connectivity index (χ1n) is 9.18. The van der Waals surface area contributed by atoms with Gasteiger partial charge in [0.15, 0.2) is 5.69 Å². The third-order valence-corrected chi connectivity index (χ3v) is 6.28. The van der Waals surface area contributed by atoms with Crippen molar-refractivity contribution in [3.8, 4) is 17.3 Å². The van der Waals surface area contributed by atoms with Crippen LogP contribution in [0.15, 0.2) is 22.6 Å². The average Bonchev–Trinajstić information content (AvgIpc) is 3.38. The van der Waals surface area contributed by atoms with E-state index in [-0.39, 0.29) is 0 Å². The lowest BCUT2D eigenvalue weighted by atomic mass is 10.0. The first-order chi connectivity index (χ1) is 13.2. The quantitative estimate of drug-likeness (QED) is 0.670. The second-order valence-corrected chi connectivity index (χ2v) is 8.22. The number of halogens is 2. The van der Waals surface area contributed by atoms with Gasteiger partial charge in [-0.05, 0) is 55.7 Å². The molecule has 140 valence electrons. The Labute approximate surface area is 159 Å². The van der Waals surface area contributed by atoms with Gasteiger partial charge in [0.05, 0.1) is 5.69 Å². The summed E-state index contributed by atoms with van der Waals surface area (Å²) in [6, 6.07) is 3.44. The molecular formula is C19H18F2N4OS. The van der Waals surface area contributed by atoms with E-state index in [4.69, 9.17) is 4.42 Å². The van der Waals surface area contributed by atoms with Gasteiger partial charge in [-0.1, -0.05) is 0 Å². The van der Waals surface area contributed by atoms with Gasteiger partial charge >= 0.3 is 0 Å². The molecule has 0 saturated carbocycles. The van der Waals surface area contributed by atoms with Gasteiger partial charge in [-0.2, -0.15) is 16.9 Å². The van der Waals surface area contributed by atoms with Gasteiger partial charge in [0.2, 0.25) is 5.89 Å². The maximum Gasteiger partial charge on any atom is 0.268 e. The molecule has 1 fully saturated rings.